The zero-order valence-electron chi connectivity index (χ0n) is 14.4. The number of rotatable bonds is 7. The number of hydrogen-bond donors (Lipinski definition) is 0. The van der Waals surface area contributed by atoms with E-state index in [-0.39, 0.29) is 11.5 Å². The van der Waals surface area contributed by atoms with Gasteiger partial charge < -0.3 is 9.47 Å². The number of nitrogens with zero attached hydrogens (tertiary/aromatic N) is 4. The van der Waals surface area contributed by atoms with E-state index in [4.69, 9.17) is 4.74 Å². The fraction of sp³-hybridized carbons (Fsp3) is 0.278. The molecule has 0 aliphatic heterocycles. The third-order valence-corrected chi connectivity index (χ3v) is 3.84. The first kappa shape index (κ1) is 17.8. The van der Waals surface area contributed by atoms with E-state index < -0.39 is 6.61 Å². The highest BCUT2D eigenvalue weighted by Gasteiger charge is 2.12. The molecule has 0 saturated carbocycles. The van der Waals surface area contributed by atoms with Gasteiger partial charge in [-0.1, -0.05) is 37.3 Å². The predicted octanol–water partition coefficient (Wildman–Crippen LogP) is 3.56. The zero-order valence-corrected chi connectivity index (χ0v) is 14.4. The van der Waals surface area contributed by atoms with Crippen molar-refractivity contribution in [2.45, 2.75) is 26.5 Å². The Bertz CT molecular complexity index is 866. The van der Waals surface area contributed by atoms with Crippen LogP contribution in [-0.2, 0) is 13.0 Å². The summed E-state index contributed by atoms with van der Waals surface area (Å²) in [4.78, 5) is 1.44. The number of alkyl halides is 2. The average molecular weight is 360 g/mol. The lowest BCUT2D eigenvalue weighted by Crippen LogP contribution is -2.06. The van der Waals surface area contributed by atoms with Crippen LogP contribution in [-0.4, -0.2) is 33.9 Å². The molecule has 0 N–H and O–H groups in total. The van der Waals surface area contributed by atoms with Crippen molar-refractivity contribution in [3.63, 3.8) is 0 Å². The number of aryl methyl sites for hydroxylation is 1. The van der Waals surface area contributed by atoms with Crippen LogP contribution in [0.5, 0.6) is 11.5 Å². The summed E-state index contributed by atoms with van der Waals surface area (Å²) in [6.07, 6.45) is 0.966. The number of benzene rings is 2. The minimum Gasteiger partial charge on any atom is -0.493 e. The molecule has 26 heavy (non-hydrogen) atoms. The van der Waals surface area contributed by atoms with Crippen molar-refractivity contribution in [1.82, 2.24) is 20.2 Å². The maximum atomic E-state index is 12.4. The molecule has 1 aromatic heterocycles. The van der Waals surface area contributed by atoms with Gasteiger partial charge in [0.1, 0.15) is 0 Å². The van der Waals surface area contributed by atoms with Crippen LogP contribution in [0.1, 0.15) is 18.1 Å². The van der Waals surface area contributed by atoms with E-state index in [1.54, 1.807) is 12.1 Å². The Morgan fingerprint density at radius 3 is 2.42 bits per heavy atom. The molecule has 0 unspecified atom stereocenters. The monoisotopic (exact) mass is 360 g/mol. The first-order valence-electron chi connectivity index (χ1n) is 8.08. The minimum atomic E-state index is -2.91. The molecule has 3 rings (SSSR count). The Morgan fingerprint density at radius 2 is 1.77 bits per heavy atom. The van der Waals surface area contributed by atoms with Gasteiger partial charge in [-0.2, -0.15) is 13.6 Å². The third-order valence-electron chi connectivity index (χ3n) is 3.84. The number of halogens is 2. The minimum absolute atomic E-state index is 0.0190. The lowest BCUT2D eigenvalue weighted by molar-refractivity contribution is -0.0512. The van der Waals surface area contributed by atoms with E-state index in [9.17, 15) is 8.78 Å². The summed E-state index contributed by atoms with van der Waals surface area (Å²) >= 11 is 0. The number of hydrogen-bond acceptors (Lipinski definition) is 5. The predicted molar refractivity (Wildman–Crippen MR) is 91.4 cm³/mol. The van der Waals surface area contributed by atoms with Crippen LogP contribution >= 0.6 is 0 Å². The second-order valence-electron chi connectivity index (χ2n) is 5.56. The average Bonchev–Trinajstić information content (AvgIpc) is 3.11. The first-order valence-corrected chi connectivity index (χ1v) is 8.08. The molecule has 0 aliphatic carbocycles. The molecule has 0 aliphatic rings. The van der Waals surface area contributed by atoms with Crippen LogP contribution in [0.4, 0.5) is 8.78 Å². The summed E-state index contributed by atoms with van der Waals surface area (Å²) in [6.45, 7) is -0.491. The standard InChI is InChI=1S/C18H18F2N4O2/c1-3-12-4-7-14(8-5-12)17-21-23-24(22-17)11-13-6-9-15(26-18(19)20)16(10-13)25-2/h4-10,18H,3,11H2,1-2H3. The summed E-state index contributed by atoms with van der Waals surface area (Å²) in [6, 6.07) is 12.7. The largest absolute Gasteiger partial charge is 0.493 e. The molecule has 136 valence electrons. The van der Waals surface area contributed by atoms with Crippen molar-refractivity contribution in [1.29, 1.82) is 0 Å². The smallest absolute Gasteiger partial charge is 0.387 e. The molecule has 0 saturated heterocycles. The third kappa shape index (κ3) is 4.14. The maximum Gasteiger partial charge on any atom is 0.387 e. The number of methoxy groups -OCH3 is 1. The number of ether oxygens (including phenoxy) is 2. The topological polar surface area (TPSA) is 62.1 Å². The molecule has 0 spiro atoms. The van der Waals surface area contributed by atoms with E-state index in [1.807, 2.05) is 24.3 Å². The van der Waals surface area contributed by atoms with E-state index in [0.717, 1.165) is 17.5 Å². The number of tetrazole rings is 1. The normalized spacial score (nSPS) is 11.0. The van der Waals surface area contributed by atoms with Crippen LogP contribution in [0, 0.1) is 0 Å². The molecule has 0 radical (unpaired) electrons. The quantitative estimate of drug-likeness (QED) is 0.645. The van der Waals surface area contributed by atoms with Crippen LogP contribution in [0.15, 0.2) is 42.5 Å². The van der Waals surface area contributed by atoms with Gasteiger partial charge in [0.25, 0.3) is 0 Å². The van der Waals surface area contributed by atoms with Gasteiger partial charge in [0.15, 0.2) is 11.5 Å². The van der Waals surface area contributed by atoms with Crippen LogP contribution in [0.3, 0.4) is 0 Å². The Kier molecular flexibility index (Phi) is 5.40. The van der Waals surface area contributed by atoms with Crippen LogP contribution in [0.25, 0.3) is 11.4 Å². The summed E-state index contributed by atoms with van der Waals surface area (Å²) in [5.41, 5.74) is 2.89. The molecule has 0 bridgehead atoms. The van der Waals surface area contributed by atoms with E-state index in [0.29, 0.717) is 12.4 Å². The molecular formula is C18H18F2N4O2. The Morgan fingerprint density at radius 1 is 1.04 bits per heavy atom. The van der Waals surface area contributed by atoms with E-state index in [1.165, 1.54) is 23.5 Å². The van der Waals surface area contributed by atoms with Crippen molar-refractivity contribution in [3.05, 3.63) is 53.6 Å². The van der Waals surface area contributed by atoms with Crippen molar-refractivity contribution in [3.8, 4) is 22.9 Å². The van der Waals surface area contributed by atoms with E-state index in [2.05, 4.69) is 27.1 Å². The highest BCUT2D eigenvalue weighted by molar-refractivity contribution is 5.54. The van der Waals surface area contributed by atoms with Gasteiger partial charge in [0.2, 0.25) is 5.82 Å². The van der Waals surface area contributed by atoms with Crippen molar-refractivity contribution >= 4 is 0 Å². The van der Waals surface area contributed by atoms with Gasteiger partial charge >= 0.3 is 6.61 Å². The van der Waals surface area contributed by atoms with Crippen molar-refractivity contribution in [2.24, 2.45) is 0 Å². The molecule has 8 heteroatoms. The van der Waals surface area contributed by atoms with Gasteiger partial charge in [-0.25, -0.2) is 0 Å². The number of aromatic nitrogens is 4. The van der Waals surface area contributed by atoms with Crippen molar-refractivity contribution < 1.29 is 18.3 Å². The fourth-order valence-electron chi connectivity index (χ4n) is 2.48. The Hall–Kier alpha value is -3.03. The lowest BCUT2D eigenvalue weighted by atomic mass is 10.1. The highest BCUT2D eigenvalue weighted by Crippen LogP contribution is 2.29. The van der Waals surface area contributed by atoms with Gasteiger partial charge in [0.05, 0.1) is 13.7 Å². The van der Waals surface area contributed by atoms with Gasteiger partial charge in [-0.15, -0.1) is 10.2 Å². The van der Waals surface area contributed by atoms with Crippen LogP contribution < -0.4 is 9.47 Å². The summed E-state index contributed by atoms with van der Waals surface area (Å²) < 4.78 is 34.3. The maximum absolute atomic E-state index is 12.4. The van der Waals surface area contributed by atoms with Crippen LogP contribution in [0.2, 0.25) is 0 Å². The van der Waals surface area contributed by atoms with Crippen molar-refractivity contribution in [2.75, 3.05) is 7.11 Å². The molecule has 1 heterocycles. The fourth-order valence-corrected chi connectivity index (χ4v) is 2.48. The summed E-state index contributed by atoms with van der Waals surface area (Å²) in [5, 5.41) is 12.5. The molecule has 3 aromatic rings. The molecular weight excluding hydrogens is 342 g/mol. The van der Waals surface area contributed by atoms with E-state index >= 15 is 0 Å². The molecule has 0 fully saturated rings. The van der Waals surface area contributed by atoms with Gasteiger partial charge in [0, 0.05) is 5.56 Å². The molecule has 0 atom stereocenters. The SMILES string of the molecule is CCc1ccc(-c2nnn(Cc3ccc(OC(F)F)c(OC)c3)n2)cc1. The Labute approximate surface area is 149 Å². The molecule has 2 aromatic carbocycles. The molecule has 6 nitrogen and oxygen atoms in total. The lowest BCUT2D eigenvalue weighted by Gasteiger charge is -2.11. The second-order valence-corrected chi connectivity index (χ2v) is 5.56. The zero-order chi connectivity index (χ0) is 18.5. The van der Waals surface area contributed by atoms with Gasteiger partial charge in [-0.05, 0) is 34.9 Å². The second kappa shape index (κ2) is 7.90. The first-order chi connectivity index (χ1) is 12.6. The summed E-state index contributed by atoms with van der Waals surface area (Å²) in [5.74, 6) is 0.727. The molecule has 0 amide bonds. The summed E-state index contributed by atoms with van der Waals surface area (Å²) in [7, 11) is 1.39. The Balaban J connectivity index is 1.76. The van der Waals surface area contributed by atoms with Gasteiger partial charge in [-0.3, -0.25) is 0 Å². The highest BCUT2D eigenvalue weighted by atomic mass is 19.3.